The van der Waals surface area contributed by atoms with Crippen LogP contribution in [-0.2, 0) is 9.97 Å². The maximum atomic E-state index is 3.81. The molecular weight excluding hydrogens is 196 g/mol. The third-order valence-electron chi connectivity index (χ3n) is 5.02. The van der Waals surface area contributed by atoms with Crippen molar-refractivity contribution in [2.75, 3.05) is 0 Å². The molecule has 0 radical (unpaired) electrons. The molecule has 0 bridgehead atoms. The lowest BCUT2D eigenvalue weighted by atomic mass is 9.88. The van der Waals surface area contributed by atoms with Gasteiger partial charge in [0.15, 0.2) is 17.8 Å². The van der Waals surface area contributed by atoms with E-state index < -0.39 is 0 Å². The zero-order chi connectivity index (χ0) is 10.6. The van der Waals surface area contributed by atoms with Gasteiger partial charge in [-0.15, -0.1) is 0 Å². The van der Waals surface area contributed by atoms with Gasteiger partial charge in [0.2, 0.25) is 0 Å². The van der Waals surface area contributed by atoms with Crippen LogP contribution in [0.15, 0.2) is 30.3 Å². The highest BCUT2D eigenvalue weighted by Gasteiger charge is 2.63. The summed E-state index contributed by atoms with van der Waals surface area (Å²) in [6.45, 7) is 0. The zero-order valence-corrected chi connectivity index (χ0v) is 9.69. The van der Waals surface area contributed by atoms with Crippen LogP contribution in [-0.4, -0.2) is 12.2 Å². The van der Waals surface area contributed by atoms with Gasteiger partial charge in [-0.05, 0) is 0 Å². The molecule has 4 rings (SSSR count). The average molecular weight is 215 g/mol. The Kier molecular flexibility index (Phi) is 1.79. The number of hydrogen-bond acceptors (Lipinski definition) is 0. The largest absolute Gasteiger partial charge is 0.409 e. The van der Waals surface area contributed by atoms with Crippen LogP contribution in [0.1, 0.15) is 44.1 Å². The predicted molar refractivity (Wildman–Crippen MR) is 64.5 cm³/mol. The van der Waals surface area contributed by atoms with Crippen molar-refractivity contribution in [3.8, 4) is 0 Å². The second-order valence-electron chi connectivity index (χ2n) is 5.63. The fraction of sp³-hybridized carbons (Fsp3) is 0.600. The van der Waals surface area contributed by atoms with E-state index >= 15 is 0 Å². The third-order valence-corrected chi connectivity index (χ3v) is 5.02. The van der Waals surface area contributed by atoms with Gasteiger partial charge in [0.1, 0.15) is 0 Å². The highest BCUT2D eigenvalue weighted by molar-refractivity contribution is 5.26. The lowest BCUT2D eigenvalue weighted by Gasteiger charge is -2.31. The molecular formula is C15H19O+. The highest BCUT2D eigenvalue weighted by Crippen LogP contribution is 2.60. The monoisotopic (exact) mass is 215 g/mol. The van der Waals surface area contributed by atoms with Crippen LogP contribution in [0, 0.1) is 0 Å². The van der Waals surface area contributed by atoms with Crippen LogP contribution in [0.25, 0.3) is 0 Å². The first-order valence-electron chi connectivity index (χ1n) is 6.68. The van der Waals surface area contributed by atoms with Crippen LogP contribution >= 0.6 is 0 Å². The van der Waals surface area contributed by atoms with E-state index in [0.29, 0.717) is 5.60 Å². The van der Waals surface area contributed by atoms with Crippen LogP contribution in [0.4, 0.5) is 0 Å². The summed E-state index contributed by atoms with van der Waals surface area (Å²) in [4.78, 5) is 0. The van der Waals surface area contributed by atoms with Crippen LogP contribution in [0.5, 0.6) is 0 Å². The van der Waals surface area contributed by atoms with E-state index in [0.717, 1.165) is 12.2 Å². The molecule has 3 aliphatic heterocycles. The van der Waals surface area contributed by atoms with Crippen molar-refractivity contribution in [3.63, 3.8) is 0 Å². The highest BCUT2D eigenvalue weighted by atomic mass is 16.7. The molecule has 0 saturated carbocycles. The Bertz CT molecular complexity index is 381. The number of rotatable bonds is 1. The molecule has 84 valence electrons. The first kappa shape index (κ1) is 9.23. The van der Waals surface area contributed by atoms with Gasteiger partial charge >= 0.3 is 0 Å². The van der Waals surface area contributed by atoms with Crippen molar-refractivity contribution in [1.82, 2.24) is 0 Å². The van der Waals surface area contributed by atoms with Crippen LogP contribution < -0.4 is 0 Å². The van der Waals surface area contributed by atoms with Crippen LogP contribution in [0.2, 0.25) is 0 Å². The van der Waals surface area contributed by atoms with Gasteiger partial charge in [-0.3, -0.25) is 0 Å². The second-order valence-corrected chi connectivity index (χ2v) is 5.63. The molecule has 16 heavy (non-hydrogen) atoms. The Balaban J connectivity index is 1.82. The van der Waals surface area contributed by atoms with E-state index in [1.54, 1.807) is 5.56 Å². The standard InChI is InChI=1S/C15H19O/c1-2-4-12(5-3-1)15-10-8-13-6-7-14(9-11-15)16(13)15/h1-5,13-14H,6-11H2/q+1. The second kappa shape index (κ2) is 3.10. The quantitative estimate of drug-likeness (QED) is 0.630. The van der Waals surface area contributed by atoms with Crippen molar-refractivity contribution in [1.29, 1.82) is 0 Å². The molecule has 1 heteroatoms. The maximum absolute atomic E-state index is 3.81. The van der Waals surface area contributed by atoms with E-state index in [-0.39, 0.29) is 0 Å². The minimum atomic E-state index is 0.354. The lowest BCUT2D eigenvalue weighted by Crippen LogP contribution is -2.32. The molecule has 0 N–H and O–H groups in total. The first-order chi connectivity index (χ1) is 7.90. The molecule has 2 atom stereocenters. The van der Waals surface area contributed by atoms with Gasteiger partial charge in [-0.1, -0.05) is 30.3 Å². The smallest absolute Gasteiger partial charge is 0.192 e. The summed E-state index contributed by atoms with van der Waals surface area (Å²) in [6, 6.07) is 11.2. The van der Waals surface area contributed by atoms with E-state index in [9.17, 15) is 0 Å². The summed E-state index contributed by atoms with van der Waals surface area (Å²) < 4.78 is 3.81. The summed E-state index contributed by atoms with van der Waals surface area (Å²) >= 11 is 0. The maximum Gasteiger partial charge on any atom is 0.192 e. The van der Waals surface area contributed by atoms with Gasteiger partial charge in [0, 0.05) is 44.1 Å². The Morgan fingerprint density at radius 3 is 2.12 bits per heavy atom. The van der Waals surface area contributed by atoms with Gasteiger partial charge < -0.3 is 4.37 Å². The van der Waals surface area contributed by atoms with Gasteiger partial charge in [0.05, 0.1) is 0 Å². The summed E-state index contributed by atoms with van der Waals surface area (Å²) in [5, 5.41) is 0. The molecule has 0 aliphatic carbocycles. The molecule has 1 aromatic carbocycles. The molecule has 3 saturated heterocycles. The molecule has 3 aliphatic rings. The number of benzene rings is 1. The normalized spacial score (nSPS) is 41.5. The predicted octanol–water partition coefficient (Wildman–Crippen LogP) is 3.55. The van der Waals surface area contributed by atoms with E-state index in [2.05, 4.69) is 34.7 Å². The molecule has 1 aromatic rings. The van der Waals surface area contributed by atoms with Gasteiger partial charge in [-0.25, -0.2) is 0 Å². The first-order valence-corrected chi connectivity index (χ1v) is 6.68. The zero-order valence-electron chi connectivity index (χ0n) is 9.69. The summed E-state index contributed by atoms with van der Waals surface area (Å²) in [5.74, 6) is 0. The van der Waals surface area contributed by atoms with Gasteiger partial charge in [-0.2, -0.15) is 0 Å². The third kappa shape index (κ3) is 1.00. The van der Waals surface area contributed by atoms with Gasteiger partial charge in [0.25, 0.3) is 0 Å². The summed E-state index contributed by atoms with van der Waals surface area (Å²) in [7, 11) is 0. The SMILES string of the molecule is c1ccc(C23CCC4CCC(CC2)[O+]43)cc1. The van der Waals surface area contributed by atoms with Crippen molar-refractivity contribution < 1.29 is 4.37 Å². The van der Waals surface area contributed by atoms with Crippen molar-refractivity contribution in [2.24, 2.45) is 0 Å². The van der Waals surface area contributed by atoms with Crippen molar-refractivity contribution in [2.45, 2.75) is 56.3 Å². The lowest BCUT2D eigenvalue weighted by molar-refractivity contribution is -0.241. The molecule has 1 nitrogen and oxygen atoms in total. The van der Waals surface area contributed by atoms with E-state index in [1.165, 1.54) is 38.5 Å². The average Bonchev–Trinajstić information content (AvgIpc) is 2.99. The van der Waals surface area contributed by atoms with Crippen molar-refractivity contribution in [3.05, 3.63) is 35.9 Å². The van der Waals surface area contributed by atoms with E-state index in [1.807, 2.05) is 0 Å². The molecule has 0 amide bonds. The fourth-order valence-corrected chi connectivity index (χ4v) is 4.39. The van der Waals surface area contributed by atoms with Crippen molar-refractivity contribution >= 4 is 0 Å². The molecule has 3 heterocycles. The summed E-state index contributed by atoms with van der Waals surface area (Å²) in [5.41, 5.74) is 1.90. The minimum Gasteiger partial charge on any atom is -0.409 e. The molecule has 0 aromatic heterocycles. The Hall–Kier alpha value is -0.820. The molecule has 0 spiro atoms. The molecule has 2 unspecified atom stereocenters. The number of hydrogen-bond donors (Lipinski definition) is 0. The fourth-order valence-electron chi connectivity index (χ4n) is 4.39. The minimum absolute atomic E-state index is 0.354. The molecule has 3 fully saturated rings. The Morgan fingerprint density at radius 1 is 0.875 bits per heavy atom. The Labute approximate surface area is 97.1 Å². The Morgan fingerprint density at radius 2 is 1.50 bits per heavy atom. The van der Waals surface area contributed by atoms with Crippen LogP contribution in [0.3, 0.4) is 0 Å². The summed E-state index contributed by atoms with van der Waals surface area (Å²) in [6.07, 6.45) is 10.0. The topological polar surface area (TPSA) is 2.70 Å². The van der Waals surface area contributed by atoms with E-state index in [4.69, 9.17) is 0 Å².